The summed E-state index contributed by atoms with van der Waals surface area (Å²) in [6, 6.07) is 14.1. The summed E-state index contributed by atoms with van der Waals surface area (Å²) in [6.45, 7) is 6.28. The van der Waals surface area contributed by atoms with E-state index in [0.29, 0.717) is 19.0 Å². The van der Waals surface area contributed by atoms with E-state index in [-0.39, 0.29) is 5.91 Å². The molecule has 1 aromatic heterocycles. The number of rotatable bonds is 10. The standard InChI is InChI=1S/C24H35N5O/c1-27(2)15-16-28-13-10-21(11-14-28)18-26-24(30)20-29(23-8-4-3-5-9-23)19-22-7-6-12-25-17-22/h3-9,12,17,21H,10-11,13-16,18-20H2,1-2H3,(H,26,30). The predicted molar refractivity (Wildman–Crippen MR) is 122 cm³/mol. The second kappa shape index (κ2) is 11.7. The highest BCUT2D eigenvalue weighted by Gasteiger charge is 2.20. The fourth-order valence-corrected chi connectivity index (χ4v) is 3.83. The Bertz CT molecular complexity index is 745. The molecule has 0 atom stereocenters. The van der Waals surface area contributed by atoms with E-state index in [9.17, 15) is 4.79 Å². The van der Waals surface area contributed by atoms with Crippen LogP contribution < -0.4 is 10.2 Å². The van der Waals surface area contributed by atoms with E-state index in [1.165, 1.54) is 0 Å². The molecule has 1 aliphatic heterocycles. The lowest BCUT2D eigenvalue weighted by atomic mass is 9.97. The van der Waals surface area contributed by atoms with Gasteiger partial charge >= 0.3 is 0 Å². The monoisotopic (exact) mass is 409 g/mol. The van der Waals surface area contributed by atoms with Crippen molar-refractivity contribution in [3.63, 3.8) is 0 Å². The lowest BCUT2D eigenvalue weighted by molar-refractivity contribution is -0.120. The number of aromatic nitrogens is 1. The SMILES string of the molecule is CN(C)CCN1CCC(CNC(=O)CN(Cc2cccnc2)c2ccccc2)CC1. The van der Waals surface area contributed by atoms with Crippen molar-refractivity contribution in [3.8, 4) is 0 Å². The minimum absolute atomic E-state index is 0.0813. The van der Waals surface area contributed by atoms with Crippen molar-refractivity contribution >= 4 is 11.6 Å². The first kappa shape index (κ1) is 22.2. The van der Waals surface area contributed by atoms with Crippen LogP contribution in [0.2, 0.25) is 0 Å². The Labute approximate surface area is 180 Å². The van der Waals surface area contributed by atoms with E-state index < -0.39 is 0 Å². The van der Waals surface area contributed by atoms with Gasteiger partial charge in [0.15, 0.2) is 0 Å². The number of benzene rings is 1. The molecule has 3 rings (SSSR count). The Balaban J connectivity index is 1.47. The number of pyridine rings is 1. The molecule has 1 aliphatic rings. The first-order chi connectivity index (χ1) is 14.6. The molecule has 6 heteroatoms. The fourth-order valence-electron chi connectivity index (χ4n) is 3.83. The van der Waals surface area contributed by atoms with Gasteiger partial charge in [0.2, 0.25) is 5.91 Å². The second-order valence-corrected chi connectivity index (χ2v) is 8.45. The van der Waals surface area contributed by atoms with Gasteiger partial charge in [-0.25, -0.2) is 0 Å². The van der Waals surface area contributed by atoms with Gasteiger partial charge in [0.25, 0.3) is 0 Å². The molecule has 1 amide bonds. The summed E-state index contributed by atoms with van der Waals surface area (Å²) in [6.07, 6.45) is 5.95. The maximum atomic E-state index is 12.7. The molecule has 0 unspecified atom stereocenters. The number of carbonyl (C=O) groups is 1. The Kier molecular flexibility index (Phi) is 8.66. The largest absolute Gasteiger partial charge is 0.358 e. The van der Waals surface area contributed by atoms with Crippen LogP contribution >= 0.6 is 0 Å². The maximum absolute atomic E-state index is 12.7. The third kappa shape index (κ3) is 7.43. The Morgan fingerprint density at radius 1 is 1.13 bits per heavy atom. The number of hydrogen-bond donors (Lipinski definition) is 1. The maximum Gasteiger partial charge on any atom is 0.239 e. The van der Waals surface area contributed by atoms with Crippen LogP contribution in [-0.4, -0.2) is 74.1 Å². The minimum Gasteiger partial charge on any atom is -0.358 e. The molecular weight excluding hydrogens is 374 g/mol. The van der Waals surface area contributed by atoms with Crippen LogP contribution in [0.15, 0.2) is 54.9 Å². The van der Waals surface area contributed by atoms with E-state index in [1.54, 1.807) is 6.20 Å². The summed E-state index contributed by atoms with van der Waals surface area (Å²) in [4.78, 5) is 23.8. The van der Waals surface area contributed by atoms with Gasteiger partial charge in [-0.1, -0.05) is 24.3 Å². The number of nitrogens with one attached hydrogen (secondary N) is 1. The average Bonchev–Trinajstić information content (AvgIpc) is 2.78. The van der Waals surface area contributed by atoms with Crippen LogP contribution in [0.1, 0.15) is 18.4 Å². The molecule has 0 saturated carbocycles. The molecule has 1 saturated heterocycles. The lowest BCUT2D eigenvalue weighted by Gasteiger charge is -2.32. The Hall–Kier alpha value is -2.44. The van der Waals surface area contributed by atoms with Crippen LogP contribution in [0.4, 0.5) is 5.69 Å². The van der Waals surface area contributed by atoms with Crippen LogP contribution in [0, 0.1) is 5.92 Å². The number of likely N-dealkylation sites (tertiary alicyclic amines) is 1. The van der Waals surface area contributed by atoms with Gasteiger partial charge < -0.3 is 20.0 Å². The summed E-state index contributed by atoms with van der Waals surface area (Å²) in [5.74, 6) is 0.658. The van der Waals surface area contributed by atoms with Crippen LogP contribution in [0.3, 0.4) is 0 Å². The normalized spacial score (nSPS) is 15.3. The second-order valence-electron chi connectivity index (χ2n) is 8.45. The summed E-state index contributed by atoms with van der Waals surface area (Å²) >= 11 is 0. The summed E-state index contributed by atoms with van der Waals surface area (Å²) in [5, 5.41) is 3.18. The van der Waals surface area contributed by atoms with Crippen LogP contribution in [-0.2, 0) is 11.3 Å². The molecular formula is C24H35N5O. The number of likely N-dealkylation sites (N-methyl/N-ethyl adjacent to an activating group) is 1. The third-order valence-corrected chi connectivity index (χ3v) is 5.71. The number of hydrogen-bond acceptors (Lipinski definition) is 5. The van der Waals surface area contributed by atoms with Crippen molar-refractivity contribution < 1.29 is 4.79 Å². The smallest absolute Gasteiger partial charge is 0.239 e. The molecule has 2 aromatic rings. The predicted octanol–water partition coefficient (Wildman–Crippen LogP) is 2.48. The number of piperidine rings is 1. The quantitative estimate of drug-likeness (QED) is 0.653. The van der Waals surface area contributed by atoms with E-state index in [0.717, 1.165) is 56.8 Å². The van der Waals surface area contributed by atoms with Gasteiger partial charge in [-0.05, 0) is 69.7 Å². The Morgan fingerprint density at radius 3 is 2.57 bits per heavy atom. The average molecular weight is 410 g/mol. The highest BCUT2D eigenvalue weighted by molar-refractivity contribution is 5.81. The molecule has 30 heavy (non-hydrogen) atoms. The number of para-hydroxylation sites is 1. The van der Waals surface area contributed by atoms with Gasteiger partial charge in [0, 0.05) is 44.3 Å². The van der Waals surface area contributed by atoms with Gasteiger partial charge in [0.1, 0.15) is 0 Å². The van der Waals surface area contributed by atoms with Crippen molar-refractivity contribution in [2.24, 2.45) is 5.92 Å². The van der Waals surface area contributed by atoms with Gasteiger partial charge in [-0.15, -0.1) is 0 Å². The highest BCUT2D eigenvalue weighted by atomic mass is 16.2. The lowest BCUT2D eigenvalue weighted by Crippen LogP contribution is -2.43. The molecule has 0 aliphatic carbocycles. The van der Waals surface area contributed by atoms with Crippen molar-refractivity contribution in [1.82, 2.24) is 20.1 Å². The van der Waals surface area contributed by atoms with Crippen molar-refractivity contribution in [1.29, 1.82) is 0 Å². The number of amides is 1. The molecule has 1 fully saturated rings. The van der Waals surface area contributed by atoms with E-state index in [2.05, 4.69) is 39.1 Å². The first-order valence-corrected chi connectivity index (χ1v) is 10.9. The van der Waals surface area contributed by atoms with Gasteiger partial charge in [-0.2, -0.15) is 0 Å². The molecule has 2 heterocycles. The summed E-state index contributed by atoms with van der Waals surface area (Å²) < 4.78 is 0. The minimum atomic E-state index is 0.0813. The number of anilines is 1. The molecule has 162 valence electrons. The zero-order valence-corrected chi connectivity index (χ0v) is 18.3. The summed E-state index contributed by atoms with van der Waals surface area (Å²) in [5.41, 5.74) is 2.14. The van der Waals surface area contributed by atoms with Crippen molar-refractivity contribution in [2.75, 3.05) is 58.3 Å². The molecule has 0 bridgehead atoms. The fraction of sp³-hybridized carbons (Fsp3) is 0.500. The summed E-state index contributed by atoms with van der Waals surface area (Å²) in [7, 11) is 4.24. The Morgan fingerprint density at radius 2 is 1.90 bits per heavy atom. The van der Waals surface area contributed by atoms with Crippen LogP contribution in [0.25, 0.3) is 0 Å². The highest BCUT2D eigenvalue weighted by Crippen LogP contribution is 2.18. The third-order valence-electron chi connectivity index (χ3n) is 5.71. The molecule has 1 aromatic carbocycles. The van der Waals surface area contributed by atoms with E-state index in [1.807, 2.05) is 48.7 Å². The zero-order chi connectivity index (χ0) is 21.2. The molecule has 0 radical (unpaired) electrons. The number of nitrogens with zero attached hydrogens (tertiary/aromatic N) is 4. The molecule has 6 nitrogen and oxygen atoms in total. The first-order valence-electron chi connectivity index (χ1n) is 10.9. The van der Waals surface area contributed by atoms with Crippen molar-refractivity contribution in [2.45, 2.75) is 19.4 Å². The van der Waals surface area contributed by atoms with Gasteiger partial charge in [-0.3, -0.25) is 9.78 Å². The van der Waals surface area contributed by atoms with E-state index >= 15 is 0 Å². The molecule has 0 spiro atoms. The van der Waals surface area contributed by atoms with Crippen molar-refractivity contribution in [3.05, 3.63) is 60.4 Å². The van der Waals surface area contributed by atoms with Crippen LogP contribution in [0.5, 0.6) is 0 Å². The topological polar surface area (TPSA) is 51.7 Å². The van der Waals surface area contributed by atoms with E-state index in [4.69, 9.17) is 0 Å². The van der Waals surface area contributed by atoms with Gasteiger partial charge in [0.05, 0.1) is 6.54 Å². The zero-order valence-electron chi connectivity index (χ0n) is 18.3. The number of carbonyl (C=O) groups excluding carboxylic acids is 1. The molecule has 1 N–H and O–H groups in total.